The molecule has 0 bridgehead atoms. The zero-order valence-corrected chi connectivity index (χ0v) is 26.5. The van der Waals surface area contributed by atoms with Crippen molar-refractivity contribution in [3.63, 3.8) is 0 Å². The van der Waals surface area contributed by atoms with Crippen LogP contribution in [0.25, 0.3) is 22.3 Å². The number of imidazole rings is 1. The molecular formula is C34H29F3N6O4S. The molecule has 0 spiro atoms. The molecular weight excluding hydrogens is 645 g/mol. The molecule has 0 saturated carbocycles. The Morgan fingerprint density at radius 3 is 2.69 bits per heavy atom. The third-order valence-corrected chi connectivity index (χ3v) is 9.19. The molecule has 1 N–H and O–H groups in total. The monoisotopic (exact) mass is 674 g/mol. The van der Waals surface area contributed by atoms with Crippen molar-refractivity contribution >= 4 is 28.3 Å². The van der Waals surface area contributed by atoms with Crippen LogP contribution in [0.1, 0.15) is 43.6 Å². The number of aromatic carboxylic acids is 1. The smallest absolute Gasteiger partial charge is 0.335 e. The van der Waals surface area contributed by atoms with Gasteiger partial charge in [0.25, 0.3) is 0 Å². The van der Waals surface area contributed by atoms with Crippen LogP contribution in [0.4, 0.5) is 13.2 Å². The van der Waals surface area contributed by atoms with Crippen molar-refractivity contribution in [2.45, 2.75) is 44.9 Å². The normalized spacial score (nSPS) is 14.4. The van der Waals surface area contributed by atoms with Crippen LogP contribution in [0.5, 0.6) is 5.88 Å². The third-order valence-electron chi connectivity index (χ3n) is 8.16. The van der Waals surface area contributed by atoms with Gasteiger partial charge in [0.15, 0.2) is 5.82 Å². The quantitative estimate of drug-likeness (QED) is 0.164. The highest BCUT2D eigenvalue weighted by molar-refractivity contribution is 7.11. The first kappa shape index (κ1) is 31.5. The van der Waals surface area contributed by atoms with E-state index in [9.17, 15) is 14.3 Å². The number of halogens is 3. The second kappa shape index (κ2) is 13.2. The molecule has 0 unspecified atom stereocenters. The van der Waals surface area contributed by atoms with Crippen LogP contribution in [0.2, 0.25) is 0 Å². The molecule has 48 heavy (non-hydrogen) atoms. The fourth-order valence-electron chi connectivity index (χ4n) is 5.59. The van der Waals surface area contributed by atoms with Crippen LogP contribution in [0, 0.1) is 17.5 Å². The van der Waals surface area contributed by atoms with Gasteiger partial charge in [-0.25, -0.2) is 32.9 Å². The number of carboxylic acid groups (broad SMARTS) is 1. The summed E-state index contributed by atoms with van der Waals surface area (Å²) in [5, 5.41) is 14.4. The molecule has 1 saturated heterocycles. The van der Waals surface area contributed by atoms with Gasteiger partial charge in [-0.15, -0.1) is 11.3 Å². The number of carboxylic acids is 1. The topological polar surface area (TPSA) is 117 Å². The van der Waals surface area contributed by atoms with Crippen molar-refractivity contribution in [3.8, 4) is 17.1 Å². The van der Waals surface area contributed by atoms with Crippen molar-refractivity contribution < 1.29 is 32.5 Å². The van der Waals surface area contributed by atoms with Gasteiger partial charge in [0.1, 0.15) is 34.6 Å². The van der Waals surface area contributed by atoms with Gasteiger partial charge in [0.05, 0.1) is 35.6 Å². The molecule has 0 aliphatic carbocycles. The predicted molar refractivity (Wildman–Crippen MR) is 170 cm³/mol. The van der Waals surface area contributed by atoms with Gasteiger partial charge in [-0.1, -0.05) is 6.07 Å². The maximum Gasteiger partial charge on any atom is 0.335 e. The lowest BCUT2D eigenvalue weighted by molar-refractivity contribution is -0.0589. The summed E-state index contributed by atoms with van der Waals surface area (Å²) in [4.78, 5) is 25.9. The first-order chi connectivity index (χ1) is 23.2. The summed E-state index contributed by atoms with van der Waals surface area (Å²) in [6.45, 7) is 1.01. The van der Waals surface area contributed by atoms with Crippen LogP contribution in [-0.4, -0.2) is 53.1 Å². The Labute approximate surface area is 276 Å². The van der Waals surface area contributed by atoms with Crippen LogP contribution < -0.4 is 4.74 Å². The Kier molecular flexibility index (Phi) is 8.67. The number of pyridine rings is 1. The van der Waals surface area contributed by atoms with Crippen LogP contribution >= 0.6 is 11.3 Å². The van der Waals surface area contributed by atoms with E-state index < -0.39 is 23.4 Å². The van der Waals surface area contributed by atoms with Crippen LogP contribution in [0.15, 0.2) is 61.1 Å². The van der Waals surface area contributed by atoms with Crippen LogP contribution in [0.3, 0.4) is 0 Å². The SMILES string of the molecule is Cn1cc(CCc2cnc(COc3cccc(-c4cc(F)c(Cc5nc6c(F)cc(C(=O)O)cc6n5C[C@@H]5CCO5)cc4F)n3)s2)cn1. The molecule has 7 rings (SSSR count). The Hall–Kier alpha value is -5.08. The average molecular weight is 675 g/mol. The van der Waals surface area contributed by atoms with Crippen molar-refractivity contribution in [1.29, 1.82) is 0 Å². The van der Waals surface area contributed by atoms with Crippen molar-refractivity contribution in [2.24, 2.45) is 7.05 Å². The van der Waals surface area contributed by atoms with Gasteiger partial charge < -0.3 is 19.1 Å². The van der Waals surface area contributed by atoms with E-state index in [0.717, 1.165) is 52.9 Å². The van der Waals surface area contributed by atoms with E-state index in [1.165, 1.54) is 17.4 Å². The molecule has 6 aromatic rings. The van der Waals surface area contributed by atoms with Gasteiger partial charge in [-0.2, -0.15) is 5.10 Å². The summed E-state index contributed by atoms with van der Waals surface area (Å²) in [5.41, 5.74) is 1.23. The van der Waals surface area contributed by atoms with Gasteiger partial charge in [-0.05, 0) is 60.7 Å². The number of hydrogen-bond acceptors (Lipinski definition) is 8. The maximum absolute atomic E-state index is 15.6. The van der Waals surface area contributed by atoms with Crippen molar-refractivity contribution in [2.75, 3.05) is 6.61 Å². The summed E-state index contributed by atoms with van der Waals surface area (Å²) < 4.78 is 60.8. The predicted octanol–water partition coefficient (Wildman–Crippen LogP) is 6.15. The van der Waals surface area contributed by atoms with Gasteiger partial charge >= 0.3 is 5.97 Å². The highest BCUT2D eigenvalue weighted by Crippen LogP contribution is 2.30. The molecule has 5 heterocycles. The molecule has 1 fully saturated rings. The second-order valence-corrected chi connectivity index (χ2v) is 12.7. The van der Waals surface area contributed by atoms with E-state index in [2.05, 4.69) is 20.1 Å². The number of benzene rings is 2. The second-order valence-electron chi connectivity index (χ2n) is 11.5. The van der Waals surface area contributed by atoms with Gasteiger partial charge in [-0.3, -0.25) is 4.68 Å². The number of carbonyl (C=O) groups is 1. The highest BCUT2D eigenvalue weighted by Gasteiger charge is 2.25. The largest absolute Gasteiger partial charge is 0.478 e. The Morgan fingerprint density at radius 2 is 1.94 bits per heavy atom. The molecule has 1 aliphatic rings. The molecule has 0 radical (unpaired) electrons. The zero-order chi connectivity index (χ0) is 33.4. The third kappa shape index (κ3) is 6.66. The van der Waals surface area contributed by atoms with E-state index in [0.29, 0.717) is 6.61 Å². The molecule has 1 atom stereocenters. The number of hydrogen-bond donors (Lipinski definition) is 1. The Bertz CT molecular complexity index is 2140. The first-order valence-electron chi connectivity index (χ1n) is 15.2. The average Bonchev–Trinajstić information content (AvgIpc) is 3.77. The number of aryl methyl sites for hydroxylation is 3. The molecule has 0 amide bonds. The first-order valence-corrected chi connectivity index (χ1v) is 16.0. The Morgan fingerprint density at radius 1 is 1.08 bits per heavy atom. The fourth-order valence-corrected chi connectivity index (χ4v) is 6.43. The molecule has 14 heteroatoms. The standard InChI is InChI=1S/C34H29F3N6O4S/c1-42-16-19(14-39-42)5-6-23-15-38-32(48-23)18-47-31-4-2-3-28(40-31)24-13-25(35)20(9-26(24)36)12-30-41-33-27(37)10-21(34(44)45)11-29(33)43(30)17-22-7-8-46-22/h2-4,9-11,13-16,22H,5-8,12,17-18H2,1H3,(H,44,45)/t22-/m0/s1. The Balaban J connectivity index is 1.08. The number of thiazole rings is 1. The number of rotatable bonds is 12. The molecule has 4 aromatic heterocycles. The molecule has 1 aliphatic heterocycles. The molecule has 10 nitrogen and oxygen atoms in total. The number of fused-ring (bicyclic) bond motifs is 1. The lowest BCUT2D eigenvalue weighted by Gasteiger charge is -2.27. The van der Waals surface area contributed by atoms with Crippen LogP contribution in [-0.2, 0) is 44.2 Å². The van der Waals surface area contributed by atoms with E-state index in [1.54, 1.807) is 27.4 Å². The number of aromatic nitrogens is 6. The summed E-state index contributed by atoms with van der Waals surface area (Å²) in [7, 11) is 1.88. The molecule has 2 aromatic carbocycles. The number of nitrogens with zero attached hydrogens (tertiary/aromatic N) is 6. The van der Waals surface area contributed by atoms with E-state index in [4.69, 9.17) is 9.47 Å². The zero-order valence-electron chi connectivity index (χ0n) is 25.7. The summed E-state index contributed by atoms with van der Waals surface area (Å²) >= 11 is 1.54. The summed E-state index contributed by atoms with van der Waals surface area (Å²) in [5.74, 6) is -3.03. The van der Waals surface area contributed by atoms with E-state index in [-0.39, 0.29) is 70.8 Å². The summed E-state index contributed by atoms with van der Waals surface area (Å²) in [6, 6.07) is 9.20. The van der Waals surface area contributed by atoms with E-state index in [1.807, 2.05) is 25.6 Å². The highest BCUT2D eigenvalue weighted by atomic mass is 32.1. The number of ether oxygens (including phenoxy) is 2. The van der Waals surface area contributed by atoms with Gasteiger partial charge in [0, 0.05) is 49.0 Å². The lowest BCUT2D eigenvalue weighted by Crippen LogP contribution is -2.31. The van der Waals surface area contributed by atoms with Gasteiger partial charge in [0.2, 0.25) is 5.88 Å². The fraction of sp³-hybridized carbons (Fsp3) is 0.265. The van der Waals surface area contributed by atoms with Crippen molar-refractivity contribution in [1.82, 2.24) is 29.3 Å². The minimum absolute atomic E-state index is 0.00305. The summed E-state index contributed by atoms with van der Waals surface area (Å²) in [6.07, 6.45) is 7.73. The lowest BCUT2D eigenvalue weighted by atomic mass is 10.0. The minimum atomic E-state index is -1.29. The van der Waals surface area contributed by atoms with E-state index >= 15 is 8.78 Å². The maximum atomic E-state index is 15.6. The van der Waals surface area contributed by atoms with Crippen molar-refractivity contribution in [3.05, 3.63) is 111 Å². The molecule has 246 valence electrons. The minimum Gasteiger partial charge on any atom is -0.478 e.